The highest BCUT2D eigenvalue weighted by atomic mass is 16.6. The molecule has 4 atom stereocenters. The zero-order chi connectivity index (χ0) is 35.1. The summed E-state index contributed by atoms with van der Waals surface area (Å²) in [4.78, 5) is 71.4. The van der Waals surface area contributed by atoms with Crippen molar-refractivity contribution in [2.24, 2.45) is 11.5 Å². The Labute approximate surface area is 282 Å². The van der Waals surface area contributed by atoms with Crippen LogP contribution < -0.4 is 22.1 Å². The average Bonchev–Trinajstić information content (AvgIpc) is 3.51. The highest BCUT2D eigenvalue weighted by molar-refractivity contribution is 6.06. The summed E-state index contributed by atoms with van der Waals surface area (Å²) in [7, 11) is 0. The predicted octanol–water partition coefficient (Wildman–Crippen LogP) is 1.97. The number of para-hydroxylation sites is 1. The second-order valence-electron chi connectivity index (χ2n) is 12.1. The largest absolute Gasteiger partial charge is 0.508 e. The number of nitrogens with zero attached hydrogens (tertiary/aromatic N) is 2. The van der Waals surface area contributed by atoms with Crippen LogP contribution in [0.1, 0.15) is 36.0 Å². The fraction of sp³-hybridized carbons (Fsp3) is 0.314. The van der Waals surface area contributed by atoms with Gasteiger partial charge in [-0.05, 0) is 67.1 Å². The fourth-order valence-electron chi connectivity index (χ4n) is 6.05. The van der Waals surface area contributed by atoms with Crippen LogP contribution in [0.3, 0.4) is 0 Å². The molecule has 1 aliphatic heterocycles. The molecule has 5 rings (SSSR count). The van der Waals surface area contributed by atoms with E-state index in [1.165, 1.54) is 36.4 Å². The van der Waals surface area contributed by atoms with E-state index in [-0.39, 0.29) is 37.1 Å². The maximum absolute atomic E-state index is 14.5. The molecule has 0 bridgehead atoms. The number of aromatic amines is 1. The molecule has 1 aromatic heterocycles. The standard InChI is InChI=1S/C35H39N7O7/c36-16-4-3-7-31-33(45)39-29(19-23-20-38-28-6-2-1-5-26(23)28)32(44)40-30(18-22-8-12-24(13-9-22)42(48)49)35(47)41(31)34(46)27(37)17-21-10-14-25(43)15-11-21/h1-2,5-6,8-15,20,27,29-31,38,43H,3-4,7,16-19,36-37H2,(H,39,45)(H,40,44)/t27-,29-,30-,31+/m0/s1. The molecule has 4 aromatic rings. The van der Waals surface area contributed by atoms with Gasteiger partial charge in [-0.1, -0.05) is 42.5 Å². The summed E-state index contributed by atoms with van der Waals surface area (Å²) in [6.07, 6.45) is 2.72. The van der Waals surface area contributed by atoms with E-state index in [0.29, 0.717) is 30.5 Å². The number of nitro benzene ring substituents is 1. The topological polar surface area (TPSA) is 227 Å². The summed E-state index contributed by atoms with van der Waals surface area (Å²) < 4.78 is 0. The molecule has 2 heterocycles. The molecule has 1 saturated heterocycles. The van der Waals surface area contributed by atoms with Crippen molar-refractivity contribution in [2.45, 2.75) is 62.7 Å². The number of rotatable bonds is 12. The summed E-state index contributed by atoms with van der Waals surface area (Å²) in [6, 6.07) is 14.1. The number of nitrogens with two attached hydrogens (primary N) is 2. The van der Waals surface area contributed by atoms with Gasteiger partial charge in [0.05, 0.1) is 11.0 Å². The number of amides is 4. The Balaban J connectivity index is 1.53. The number of imide groups is 1. The Bertz CT molecular complexity index is 1820. The molecule has 0 unspecified atom stereocenters. The number of phenols is 1. The van der Waals surface area contributed by atoms with E-state index in [9.17, 15) is 34.4 Å². The molecule has 0 aliphatic carbocycles. The van der Waals surface area contributed by atoms with Crippen LogP contribution in [0.4, 0.5) is 5.69 Å². The average molecular weight is 670 g/mol. The molecule has 49 heavy (non-hydrogen) atoms. The fourth-order valence-corrected chi connectivity index (χ4v) is 6.05. The number of fused-ring (bicyclic) bond motifs is 1. The van der Waals surface area contributed by atoms with Crippen molar-refractivity contribution >= 4 is 40.2 Å². The first kappa shape index (κ1) is 34.7. The molecule has 3 aromatic carbocycles. The lowest BCUT2D eigenvalue weighted by Gasteiger charge is -2.33. The summed E-state index contributed by atoms with van der Waals surface area (Å²) in [5, 5.41) is 27.4. The van der Waals surface area contributed by atoms with Crippen molar-refractivity contribution in [3.63, 3.8) is 0 Å². The van der Waals surface area contributed by atoms with Gasteiger partial charge < -0.3 is 32.2 Å². The van der Waals surface area contributed by atoms with Crippen LogP contribution in [0.25, 0.3) is 10.9 Å². The quantitative estimate of drug-likeness (QED) is 0.0735. The van der Waals surface area contributed by atoms with Gasteiger partial charge in [0.1, 0.15) is 23.9 Å². The van der Waals surface area contributed by atoms with Gasteiger partial charge in [0.15, 0.2) is 0 Å². The second kappa shape index (κ2) is 15.5. The maximum Gasteiger partial charge on any atom is 0.269 e. The molecule has 256 valence electrons. The smallest absolute Gasteiger partial charge is 0.269 e. The number of unbranched alkanes of at least 4 members (excludes halogenated alkanes) is 1. The van der Waals surface area contributed by atoms with Crippen molar-refractivity contribution in [1.29, 1.82) is 0 Å². The van der Waals surface area contributed by atoms with Crippen LogP contribution in [-0.4, -0.2) is 74.3 Å². The molecule has 4 amide bonds. The van der Waals surface area contributed by atoms with Crippen molar-refractivity contribution in [3.8, 4) is 5.75 Å². The van der Waals surface area contributed by atoms with Gasteiger partial charge in [0.2, 0.25) is 17.7 Å². The number of carbonyl (C=O) groups is 4. The Morgan fingerprint density at radius 3 is 2.27 bits per heavy atom. The van der Waals surface area contributed by atoms with Gasteiger partial charge in [0, 0.05) is 42.1 Å². The van der Waals surface area contributed by atoms with Gasteiger partial charge in [-0.25, -0.2) is 0 Å². The van der Waals surface area contributed by atoms with Crippen LogP contribution in [0.2, 0.25) is 0 Å². The summed E-state index contributed by atoms with van der Waals surface area (Å²) in [6.45, 7) is 0.322. The highest BCUT2D eigenvalue weighted by Gasteiger charge is 2.43. The molecule has 8 N–H and O–H groups in total. The third-order valence-electron chi connectivity index (χ3n) is 8.66. The number of H-pyrrole nitrogens is 1. The van der Waals surface area contributed by atoms with E-state index in [2.05, 4.69) is 15.6 Å². The molecular weight excluding hydrogens is 630 g/mol. The molecule has 0 saturated carbocycles. The lowest BCUT2D eigenvalue weighted by Crippen LogP contribution is -2.60. The normalized spacial score (nSPS) is 19.0. The Morgan fingerprint density at radius 1 is 0.898 bits per heavy atom. The van der Waals surface area contributed by atoms with Crippen LogP contribution in [-0.2, 0) is 38.4 Å². The molecule has 0 spiro atoms. The number of benzene rings is 3. The summed E-state index contributed by atoms with van der Waals surface area (Å²) >= 11 is 0. The van der Waals surface area contributed by atoms with Gasteiger partial charge in [0.25, 0.3) is 11.6 Å². The Kier molecular flexibility index (Phi) is 11.0. The maximum atomic E-state index is 14.5. The van der Waals surface area contributed by atoms with E-state index in [1.54, 1.807) is 18.3 Å². The first-order chi connectivity index (χ1) is 23.5. The molecule has 14 heteroatoms. The van der Waals surface area contributed by atoms with Gasteiger partial charge in [-0.3, -0.25) is 34.2 Å². The molecule has 14 nitrogen and oxygen atoms in total. The van der Waals surface area contributed by atoms with Crippen LogP contribution in [0.15, 0.2) is 79.0 Å². The molecular formula is C35H39N7O7. The van der Waals surface area contributed by atoms with Gasteiger partial charge in [-0.2, -0.15) is 0 Å². The van der Waals surface area contributed by atoms with Crippen LogP contribution in [0.5, 0.6) is 5.75 Å². The Morgan fingerprint density at radius 2 is 1.57 bits per heavy atom. The number of hydrogen-bond acceptors (Lipinski definition) is 9. The van der Waals surface area contributed by atoms with E-state index in [0.717, 1.165) is 21.4 Å². The number of phenolic OH excluding ortho intramolecular Hbond substituents is 1. The van der Waals surface area contributed by atoms with Crippen molar-refractivity contribution in [3.05, 3.63) is 106 Å². The van der Waals surface area contributed by atoms with Crippen molar-refractivity contribution in [2.75, 3.05) is 6.54 Å². The summed E-state index contributed by atoms with van der Waals surface area (Å²) in [5.74, 6) is -2.95. The Hall–Kier alpha value is -5.60. The number of non-ortho nitro benzene ring substituents is 1. The number of aromatic nitrogens is 1. The van der Waals surface area contributed by atoms with Crippen LogP contribution in [0, 0.1) is 10.1 Å². The number of aromatic hydroxyl groups is 1. The zero-order valence-corrected chi connectivity index (χ0v) is 26.7. The lowest BCUT2D eigenvalue weighted by molar-refractivity contribution is -0.384. The SMILES string of the molecule is NCCCC[C@@H]1C(=O)N[C@@H](Cc2c[nH]c3ccccc23)C(=O)N[C@@H](Cc2ccc([N+](=O)[O-])cc2)C(=O)N1C(=O)[C@@H](N)Cc1ccc(O)cc1. The van der Waals surface area contributed by atoms with Gasteiger partial charge >= 0.3 is 0 Å². The predicted molar refractivity (Wildman–Crippen MR) is 181 cm³/mol. The van der Waals surface area contributed by atoms with Crippen molar-refractivity contribution < 1.29 is 29.2 Å². The van der Waals surface area contributed by atoms with Crippen molar-refractivity contribution in [1.82, 2.24) is 20.5 Å². The minimum Gasteiger partial charge on any atom is -0.508 e. The van der Waals surface area contributed by atoms with E-state index < -0.39 is 52.7 Å². The third kappa shape index (κ3) is 8.28. The summed E-state index contributed by atoms with van der Waals surface area (Å²) in [5.41, 5.74) is 14.7. The first-order valence-electron chi connectivity index (χ1n) is 16.0. The number of nitrogens with one attached hydrogen (secondary N) is 3. The zero-order valence-electron chi connectivity index (χ0n) is 26.7. The minimum atomic E-state index is -1.33. The number of carbonyl (C=O) groups excluding carboxylic acids is 4. The third-order valence-corrected chi connectivity index (χ3v) is 8.66. The second-order valence-corrected chi connectivity index (χ2v) is 12.1. The molecule has 0 radical (unpaired) electrons. The highest BCUT2D eigenvalue weighted by Crippen LogP contribution is 2.23. The van der Waals surface area contributed by atoms with Crippen LogP contribution >= 0.6 is 0 Å². The van der Waals surface area contributed by atoms with E-state index in [1.807, 2.05) is 24.3 Å². The van der Waals surface area contributed by atoms with E-state index in [4.69, 9.17) is 11.5 Å². The molecule has 1 aliphatic rings. The molecule has 1 fully saturated rings. The van der Waals surface area contributed by atoms with Gasteiger partial charge in [-0.15, -0.1) is 0 Å². The number of nitro groups is 1. The lowest BCUT2D eigenvalue weighted by atomic mass is 9.99. The number of hydrogen-bond donors (Lipinski definition) is 6. The minimum absolute atomic E-state index is 0.00258. The first-order valence-corrected chi connectivity index (χ1v) is 16.0. The van der Waals surface area contributed by atoms with E-state index >= 15 is 0 Å². The monoisotopic (exact) mass is 669 g/mol.